The molecule has 0 aliphatic heterocycles. The third-order valence-corrected chi connectivity index (χ3v) is 3.22. The molecule has 6 nitrogen and oxygen atoms in total. The van der Waals surface area contributed by atoms with Crippen molar-refractivity contribution in [1.29, 1.82) is 0 Å². The second-order valence-electron chi connectivity index (χ2n) is 4.91. The first-order valence-electron chi connectivity index (χ1n) is 6.43. The lowest BCUT2D eigenvalue weighted by Gasteiger charge is -2.12. The van der Waals surface area contributed by atoms with E-state index in [1.54, 1.807) is 6.07 Å². The van der Waals surface area contributed by atoms with E-state index in [0.717, 1.165) is 11.4 Å². The number of nitrogens with zero attached hydrogens (tertiary/aromatic N) is 4. The van der Waals surface area contributed by atoms with Crippen LogP contribution < -0.4 is 4.90 Å². The van der Waals surface area contributed by atoms with Gasteiger partial charge in [0.25, 0.3) is 0 Å². The maximum absolute atomic E-state index is 11.0. The normalized spacial score (nSPS) is 10.8. The standard InChI is InChI=1S/C15H14N4O2/c1-18(2)11-4-6-12(7-5-11)19-16-13-8-3-10(15(20)21)9-14(13)17-19/h3-9H,1-2H3,(H,20,21). The van der Waals surface area contributed by atoms with Crippen molar-refractivity contribution in [2.75, 3.05) is 19.0 Å². The third-order valence-electron chi connectivity index (χ3n) is 3.22. The molecule has 3 aromatic rings. The minimum absolute atomic E-state index is 0.206. The first-order valence-corrected chi connectivity index (χ1v) is 6.43. The summed E-state index contributed by atoms with van der Waals surface area (Å²) in [6.07, 6.45) is 0. The van der Waals surface area contributed by atoms with E-state index in [9.17, 15) is 4.79 Å². The Kier molecular flexibility index (Phi) is 3.06. The molecule has 106 valence electrons. The molecule has 3 rings (SSSR count). The molecule has 0 unspecified atom stereocenters. The Morgan fingerprint density at radius 2 is 1.71 bits per heavy atom. The van der Waals surface area contributed by atoms with Crippen LogP contribution in [-0.2, 0) is 0 Å². The molecule has 0 bridgehead atoms. The second-order valence-corrected chi connectivity index (χ2v) is 4.91. The fourth-order valence-electron chi connectivity index (χ4n) is 2.05. The van der Waals surface area contributed by atoms with Gasteiger partial charge in [-0.1, -0.05) is 0 Å². The maximum atomic E-state index is 11.0. The van der Waals surface area contributed by atoms with Gasteiger partial charge in [-0.25, -0.2) is 4.79 Å². The molecule has 21 heavy (non-hydrogen) atoms. The van der Waals surface area contributed by atoms with Gasteiger partial charge >= 0.3 is 5.97 Å². The molecule has 0 saturated carbocycles. The fourth-order valence-corrected chi connectivity index (χ4v) is 2.05. The van der Waals surface area contributed by atoms with Gasteiger partial charge in [0.05, 0.1) is 11.3 Å². The summed E-state index contributed by atoms with van der Waals surface area (Å²) in [7, 11) is 3.95. The highest BCUT2D eigenvalue weighted by molar-refractivity contribution is 5.92. The van der Waals surface area contributed by atoms with E-state index in [1.807, 2.05) is 43.3 Å². The summed E-state index contributed by atoms with van der Waals surface area (Å²) in [5, 5.41) is 17.7. The Labute approximate surface area is 121 Å². The van der Waals surface area contributed by atoms with Crippen molar-refractivity contribution in [3.05, 3.63) is 48.0 Å². The Morgan fingerprint density at radius 3 is 2.33 bits per heavy atom. The minimum Gasteiger partial charge on any atom is -0.478 e. The van der Waals surface area contributed by atoms with Crippen molar-refractivity contribution in [3.63, 3.8) is 0 Å². The molecular weight excluding hydrogens is 268 g/mol. The average molecular weight is 282 g/mol. The smallest absolute Gasteiger partial charge is 0.335 e. The molecule has 0 atom stereocenters. The van der Waals surface area contributed by atoms with Gasteiger partial charge in [0.2, 0.25) is 0 Å². The number of benzene rings is 2. The number of aromatic nitrogens is 3. The largest absolute Gasteiger partial charge is 0.478 e. The van der Waals surface area contributed by atoms with Crippen LogP contribution >= 0.6 is 0 Å². The van der Waals surface area contributed by atoms with Crippen LogP contribution in [-0.4, -0.2) is 40.2 Å². The van der Waals surface area contributed by atoms with E-state index in [4.69, 9.17) is 5.11 Å². The van der Waals surface area contributed by atoms with Gasteiger partial charge in [-0.2, -0.15) is 4.80 Å². The van der Waals surface area contributed by atoms with Gasteiger partial charge in [0.15, 0.2) is 0 Å². The Morgan fingerprint density at radius 1 is 1.05 bits per heavy atom. The van der Waals surface area contributed by atoms with Crippen LogP contribution in [0, 0.1) is 0 Å². The molecule has 2 aromatic carbocycles. The lowest BCUT2D eigenvalue weighted by molar-refractivity contribution is 0.0697. The minimum atomic E-state index is -0.971. The lowest BCUT2D eigenvalue weighted by atomic mass is 10.2. The Bertz CT molecular complexity index is 806. The predicted molar refractivity (Wildman–Crippen MR) is 80.2 cm³/mol. The van der Waals surface area contributed by atoms with Crippen molar-refractivity contribution in [2.24, 2.45) is 0 Å². The summed E-state index contributed by atoms with van der Waals surface area (Å²) in [6.45, 7) is 0. The number of aromatic carboxylic acids is 1. The molecule has 0 fully saturated rings. The maximum Gasteiger partial charge on any atom is 0.335 e. The number of anilines is 1. The zero-order chi connectivity index (χ0) is 15.0. The van der Waals surface area contributed by atoms with E-state index < -0.39 is 5.97 Å². The number of rotatable bonds is 3. The van der Waals surface area contributed by atoms with Gasteiger partial charge < -0.3 is 10.0 Å². The monoisotopic (exact) mass is 282 g/mol. The van der Waals surface area contributed by atoms with Gasteiger partial charge in [0, 0.05) is 19.8 Å². The molecule has 1 aromatic heterocycles. The average Bonchev–Trinajstić information content (AvgIpc) is 2.90. The zero-order valence-corrected chi connectivity index (χ0v) is 11.7. The van der Waals surface area contributed by atoms with E-state index in [0.29, 0.717) is 11.0 Å². The number of carboxylic acids is 1. The van der Waals surface area contributed by atoms with Crippen molar-refractivity contribution in [2.45, 2.75) is 0 Å². The van der Waals surface area contributed by atoms with Crippen LogP contribution in [0.3, 0.4) is 0 Å². The summed E-state index contributed by atoms with van der Waals surface area (Å²) in [5.41, 5.74) is 3.35. The van der Waals surface area contributed by atoms with Gasteiger partial charge in [0.1, 0.15) is 11.0 Å². The van der Waals surface area contributed by atoms with Crippen molar-refractivity contribution >= 4 is 22.7 Å². The second kappa shape index (κ2) is 4.90. The SMILES string of the molecule is CN(C)c1ccc(-n2nc3ccc(C(=O)O)cc3n2)cc1. The van der Waals surface area contributed by atoms with Crippen molar-refractivity contribution in [3.8, 4) is 5.69 Å². The highest BCUT2D eigenvalue weighted by Gasteiger charge is 2.09. The highest BCUT2D eigenvalue weighted by atomic mass is 16.4. The summed E-state index contributed by atoms with van der Waals surface area (Å²) < 4.78 is 0. The molecule has 1 heterocycles. The molecule has 0 aliphatic carbocycles. The molecule has 0 saturated heterocycles. The molecule has 0 spiro atoms. The number of fused-ring (bicyclic) bond motifs is 1. The zero-order valence-electron chi connectivity index (χ0n) is 11.7. The highest BCUT2D eigenvalue weighted by Crippen LogP contribution is 2.17. The first-order chi connectivity index (χ1) is 10.0. The Balaban J connectivity index is 2.02. The molecule has 0 amide bonds. The van der Waals surface area contributed by atoms with Crippen LogP contribution in [0.4, 0.5) is 5.69 Å². The quantitative estimate of drug-likeness (QED) is 0.797. The summed E-state index contributed by atoms with van der Waals surface area (Å²) >= 11 is 0. The lowest BCUT2D eigenvalue weighted by Crippen LogP contribution is -2.08. The fraction of sp³-hybridized carbons (Fsp3) is 0.133. The van der Waals surface area contributed by atoms with E-state index in [-0.39, 0.29) is 5.56 Å². The molecular formula is C15H14N4O2. The molecule has 0 aliphatic rings. The number of carbonyl (C=O) groups is 1. The van der Waals surface area contributed by atoms with E-state index in [2.05, 4.69) is 10.2 Å². The third kappa shape index (κ3) is 2.43. The van der Waals surface area contributed by atoms with E-state index in [1.165, 1.54) is 16.9 Å². The molecule has 1 N–H and O–H groups in total. The van der Waals surface area contributed by atoms with Gasteiger partial charge in [-0.05, 0) is 42.5 Å². The number of hydrogen-bond donors (Lipinski definition) is 1. The molecule has 6 heteroatoms. The van der Waals surface area contributed by atoms with Crippen LogP contribution in [0.2, 0.25) is 0 Å². The summed E-state index contributed by atoms with van der Waals surface area (Å²) in [6, 6.07) is 12.5. The first kappa shape index (κ1) is 13.1. The number of carboxylic acid groups (broad SMARTS) is 1. The topological polar surface area (TPSA) is 71.2 Å². The van der Waals surface area contributed by atoms with Crippen LogP contribution in [0.25, 0.3) is 16.7 Å². The van der Waals surface area contributed by atoms with Gasteiger partial charge in [-0.3, -0.25) is 0 Å². The van der Waals surface area contributed by atoms with E-state index >= 15 is 0 Å². The summed E-state index contributed by atoms with van der Waals surface area (Å²) in [4.78, 5) is 14.5. The molecule has 0 radical (unpaired) electrons. The Hall–Kier alpha value is -2.89. The predicted octanol–water partition coefficient (Wildman–Crippen LogP) is 2.18. The van der Waals surface area contributed by atoms with Crippen molar-refractivity contribution in [1.82, 2.24) is 15.0 Å². The van der Waals surface area contributed by atoms with Crippen LogP contribution in [0.15, 0.2) is 42.5 Å². The van der Waals surface area contributed by atoms with Gasteiger partial charge in [-0.15, -0.1) is 10.2 Å². The van der Waals surface area contributed by atoms with Crippen LogP contribution in [0.5, 0.6) is 0 Å². The number of hydrogen-bond acceptors (Lipinski definition) is 4. The van der Waals surface area contributed by atoms with Crippen LogP contribution in [0.1, 0.15) is 10.4 Å². The van der Waals surface area contributed by atoms with Crippen molar-refractivity contribution < 1.29 is 9.90 Å². The summed E-state index contributed by atoms with van der Waals surface area (Å²) in [5.74, 6) is -0.971.